The number of hydrogen-bond donors (Lipinski definition) is 0. The van der Waals surface area contributed by atoms with Crippen molar-refractivity contribution in [2.45, 2.75) is 25.9 Å². The molecule has 0 aromatic carbocycles. The van der Waals surface area contributed by atoms with Crippen molar-refractivity contribution < 1.29 is 4.74 Å². The van der Waals surface area contributed by atoms with Gasteiger partial charge in [-0.25, -0.2) is 4.98 Å². The molecule has 0 fully saturated rings. The van der Waals surface area contributed by atoms with E-state index in [0.29, 0.717) is 13.2 Å². The molecule has 1 aliphatic rings. The van der Waals surface area contributed by atoms with Crippen molar-refractivity contribution in [2.75, 3.05) is 19.8 Å². The Labute approximate surface area is 134 Å². The van der Waals surface area contributed by atoms with Crippen LogP contribution in [0.2, 0.25) is 0 Å². The van der Waals surface area contributed by atoms with Gasteiger partial charge in [0.1, 0.15) is 5.69 Å². The van der Waals surface area contributed by atoms with E-state index in [1.165, 1.54) is 5.69 Å². The lowest BCUT2D eigenvalue weighted by Crippen LogP contribution is -2.36. The highest BCUT2D eigenvalue weighted by atomic mass is 32.1. The Kier molecular flexibility index (Phi) is 4.66. The van der Waals surface area contributed by atoms with Crippen LogP contribution in [0.5, 0.6) is 0 Å². The largest absolute Gasteiger partial charge is 0.377 e. The van der Waals surface area contributed by atoms with Gasteiger partial charge in [0.15, 0.2) is 0 Å². The minimum absolute atomic E-state index is 0.281. The summed E-state index contributed by atoms with van der Waals surface area (Å²) >= 11 is 1.69. The predicted octanol–water partition coefficient (Wildman–Crippen LogP) is 1.88. The van der Waals surface area contributed by atoms with Gasteiger partial charge in [-0.15, -0.1) is 23.0 Å². The van der Waals surface area contributed by atoms with Crippen LogP contribution in [0.1, 0.15) is 28.0 Å². The van der Waals surface area contributed by atoms with Crippen LogP contribution in [-0.4, -0.2) is 44.6 Å². The van der Waals surface area contributed by atoms with Crippen LogP contribution >= 0.6 is 11.3 Å². The lowest BCUT2D eigenvalue weighted by Gasteiger charge is -2.31. The molecule has 0 spiro atoms. The summed E-state index contributed by atoms with van der Waals surface area (Å²) < 4.78 is 7.56. The molecule has 1 unspecified atom stereocenters. The van der Waals surface area contributed by atoms with Crippen LogP contribution in [0, 0.1) is 6.92 Å². The summed E-state index contributed by atoms with van der Waals surface area (Å²) in [5.74, 6) is 0.281. The fraction of sp³-hybridized carbons (Fsp3) is 0.533. The monoisotopic (exact) mass is 319 g/mol. The van der Waals surface area contributed by atoms with Gasteiger partial charge in [-0.1, -0.05) is 11.3 Å². The van der Waals surface area contributed by atoms with E-state index in [2.05, 4.69) is 32.2 Å². The van der Waals surface area contributed by atoms with Crippen molar-refractivity contribution in [3.8, 4) is 0 Å². The van der Waals surface area contributed by atoms with Gasteiger partial charge in [0.25, 0.3) is 0 Å². The Balaban J connectivity index is 1.74. The van der Waals surface area contributed by atoms with Gasteiger partial charge in [0.05, 0.1) is 29.6 Å². The van der Waals surface area contributed by atoms with E-state index in [1.54, 1.807) is 17.4 Å². The third kappa shape index (κ3) is 3.26. The van der Waals surface area contributed by atoms with Crippen molar-refractivity contribution in [3.05, 3.63) is 40.1 Å². The normalized spacial score (nSPS) is 18.4. The Morgan fingerprint density at radius 2 is 2.41 bits per heavy atom. The molecule has 2 aromatic heterocycles. The van der Waals surface area contributed by atoms with E-state index < -0.39 is 0 Å². The number of ether oxygens (including phenoxy) is 1. The molecule has 0 radical (unpaired) electrons. The van der Waals surface area contributed by atoms with Crippen molar-refractivity contribution in [2.24, 2.45) is 7.05 Å². The van der Waals surface area contributed by atoms with Crippen LogP contribution < -0.4 is 0 Å². The quantitative estimate of drug-likeness (QED) is 0.601. The Bertz CT molecular complexity index is 650. The lowest BCUT2D eigenvalue weighted by atomic mass is 9.99. The van der Waals surface area contributed by atoms with Crippen LogP contribution in [0.25, 0.3) is 0 Å². The molecule has 0 bridgehead atoms. The number of aromatic nitrogens is 4. The third-order valence-electron chi connectivity index (χ3n) is 3.79. The topological polar surface area (TPSA) is 56.1 Å². The molecule has 1 atom stereocenters. The van der Waals surface area contributed by atoms with Crippen molar-refractivity contribution in [1.82, 2.24) is 24.9 Å². The highest BCUT2D eigenvalue weighted by Crippen LogP contribution is 2.28. The number of aryl methyl sites for hydroxylation is 2. The first kappa shape index (κ1) is 15.3. The van der Waals surface area contributed by atoms with E-state index in [0.717, 1.165) is 36.0 Å². The Hall–Kier alpha value is -1.57. The molecule has 3 rings (SSSR count). The molecule has 0 saturated heterocycles. The summed E-state index contributed by atoms with van der Waals surface area (Å²) in [5, 5.41) is 11.7. The zero-order valence-corrected chi connectivity index (χ0v) is 13.8. The van der Waals surface area contributed by atoms with E-state index in [-0.39, 0.29) is 5.92 Å². The molecule has 0 N–H and O–H groups in total. The fourth-order valence-electron chi connectivity index (χ4n) is 2.95. The molecule has 2 aromatic rings. The van der Waals surface area contributed by atoms with Gasteiger partial charge in [-0.3, -0.25) is 9.58 Å². The summed E-state index contributed by atoms with van der Waals surface area (Å²) in [4.78, 5) is 6.93. The second kappa shape index (κ2) is 6.68. The van der Waals surface area contributed by atoms with E-state index in [1.807, 2.05) is 18.7 Å². The number of hydrogen-bond acceptors (Lipinski definition) is 6. The smallest absolute Gasteiger partial charge is 0.100 e. The van der Waals surface area contributed by atoms with Crippen LogP contribution in [0.3, 0.4) is 0 Å². The highest BCUT2D eigenvalue weighted by molar-refractivity contribution is 7.09. The molecular weight excluding hydrogens is 298 g/mol. The first-order valence-electron chi connectivity index (χ1n) is 7.37. The van der Waals surface area contributed by atoms with E-state index in [4.69, 9.17) is 4.74 Å². The Morgan fingerprint density at radius 1 is 1.55 bits per heavy atom. The summed E-state index contributed by atoms with van der Waals surface area (Å²) in [6.45, 7) is 9.56. The summed E-state index contributed by atoms with van der Waals surface area (Å²) in [7, 11) is 1.95. The first-order chi connectivity index (χ1) is 10.7. The third-order valence-corrected chi connectivity index (χ3v) is 4.61. The zero-order valence-electron chi connectivity index (χ0n) is 13.0. The molecule has 0 amide bonds. The molecule has 1 aliphatic heterocycles. The van der Waals surface area contributed by atoms with Crippen molar-refractivity contribution in [3.63, 3.8) is 0 Å². The second-order valence-corrected chi connectivity index (χ2v) is 6.66. The predicted molar refractivity (Wildman–Crippen MR) is 85.7 cm³/mol. The molecule has 0 aliphatic carbocycles. The summed E-state index contributed by atoms with van der Waals surface area (Å²) in [6, 6.07) is 0. The standard InChI is InChI=1S/C15H21N5OS/c1-4-5-21-9-12-6-20(7-13-10-22-11(2)16-13)8-14-15(12)19(3)18-17-14/h4,10,12H,1,5-9H2,2-3H3. The van der Waals surface area contributed by atoms with Gasteiger partial charge in [-0.2, -0.15) is 0 Å². The van der Waals surface area contributed by atoms with Crippen LogP contribution in [-0.2, 0) is 24.9 Å². The van der Waals surface area contributed by atoms with E-state index in [9.17, 15) is 0 Å². The maximum absolute atomic E-state index is 5.68. The van der Waals surface area contributed by atoms with Crippen LogP contribution in [0.4, 0.5) is 0 Å². The molecule has 7 heteroatoms. The SMILES string of the molecule is C=CCOCC1CN(Cc2csc(C)n2)Cc2nnn(C)c21. The summed E-state index contributed by atoms with van der Waals surface area (Å²) in [6.07, 6.45) is 1.78. The van der Waals surface area contributed by atoms with Gasteiger partial charge in [0, 0.05) is 38.0 Å². The number of thiazole rings is 1. The molecule has 6 nitrogen and oxygen atoms in total. The molecule has 22 heavy (non-hydrogen) atoms. The number of nitrogens with zero attached hydrogens (tertiary/aromatic N) is 5. The number of rotatable bonds is 6. The van der Waals surface area contributed by atoms with Gasteiger partial charge < -0.3 is 4.74 Å². The average molecular weight is 319 g/mol. The van der Waals surface area contributed by atoms with Crippen molar-refractivity contribution >= 4 is 11.3 Å². The van der Waals surface area contributed by atoms with E-state index >= 15 is 0 Å². The van der Waals surface area contributed by atoms with Gasteiger partial charge in [0.2, 0.25) is 0 Å². The van der Waals surface area contributed by atoms with Gasteiger partial charge in [-0.05, 0) is 6.92 Å². The van der Waals surface area contributed by atoms with Gasteiger partial charge >= 0.3 is 0 Å². The number of fused-ring (bicyclic) bond motifs is 1. The maximum atomic E-state index is 5.68. The van der Waals surface area contributed by atoms with Crippen LogP contribution in [0.15, 0.2) is 18.0 Å². The minimum atomic E-state index is 0.281. The molecule has 3 heterocycles. The minimum Gasteiger partial charge on any atom is -0.377 e. The highest BCUT2D eigenvalue weighted by Gasteiger charge is 2.30. The van der Waals surface area contributed by atoms with Crippen molar-refractivity contribution in [1.29, 1.82) is 0 Å². The molecule has 0 saturated carbocycles. The fourth-order valence-corrected chi connectivity index (χ4v) is 3.55. The average Bonchev–Trinajstić information content (AvgIpc) is 3.06. The summed E-state index contributed by atoms with van der Waals surface area (Å²) in [5.41, 5.74) is 3.36. The maximum Gasteiger partial charge on any atom is 0.100 e. The second-order valence-electron chi connectivity index (χ2n) is 5.60. The lowest BCUT2D eigenvalue weighted by molar-refractivity contribution is 0.111. The zero-order chi connectivity index (χ0) is 15.5. The first-order valence-corrected chi connectivity index (χ1v) is 8.25. The Morgan fingerprint density at radius 3 is 3.14 bits per heavy atom. The molecular formula is C15H21N5OS. The molecule has 118 valence electrons.